The number of anilines is 1. The smallest absolute Gasteiger partial charge is 0.298 e. The maximum absolute atomic E-state index is 11.5. The van der Waals surface area contributed by atoms with Crippen LogP contribution in [0.2, 0.25) is 10.2 Å². The predicted molar refractivity (Wildman–Crippen MR) is 82.1 cm³/mol. The average molecular weight is 327 g/mol. The van der Waals surface area contributed by atoms with Gasteiger partial charge in [0.15, 0.2) is 0 Å². The van der Waals surface area contributed by atoms with Crippen LogP contribution in [0.4, 0.5) is 10.5 Å². The standard InChI is InChI=1S/C13H12Cl2N4O2/c1-8-11(12(15)19(2)18-8)7-16-21-13(20)17-10-5-3-9(14)4-6-10/h3-7H,1-2H3,(H,17,20)/b16-7-. The number of benzene rings is 1. The summed E-state index contributed by atoms with van der Waals surface area (Å²) < 4.78 is 1.51. The lowest BCUT2D eigenvalue weighted by Gasteiger charge is -2.02. The van der Waals surface area contributed by atoms with Crippen molar-refractivity contribution in [3.8, 4) is 0 Å². The Kier molecular flexibility index (Phi) is 4.82. The fourth-order valence-electron chi connectivity index (χ4n) is 1.59. The van der Waals surface area contributed by atoms with E-state index < -0.39 is 6.09 Å². The van der Waals surface area contributed by atoms with Gasteiger partial charge in [0.1, 0.15) is 5.15 Å². The van der Waals surface area contributed by atoms with E-state index in [0.29, 0.717) is 27.1 Å². The second-order valence-electron chi connectivity index (χ2n) is 4.16. The summed E-state index contributed by atoms with van der Waals surface area (Å²) in [6.45, 7) is 1.78. The van der Waals surface area contributed by atoms with E-state index in [-0.39, 0.29) is 0 Å². The van der Waals surface area contributed by atoms with Crippen LogP contribution in [0.3, 0.4) is 0 Å². The third-order valence-electron chi connectivity index (χ3n) is 2.60. The SMILES string of the molecule is Cc1nn(C)c(Cl)c1/C=N\OC(=O)Nc1ccc(Cl)cc1. The van der Waals surface area contributed by atoms with E-state index in [2.05, 4.69) is 15.6 Å². The van der Waals surface area contributed by atoms with Crippen molar-refractivity contribution >= 4 is 41.2 Å². The Morgan fingerprint density at radius 2 is 2.05 bits per heavy atom. The van der Waals surface area contributed by atoms with Crippen molar-refractivity contribution in [3.05, 3.63) is 45.7 Å². The van der Waals surface area contributed by atoms with Crippen LogP contribution in [0.25, 0.3) is 0 Å². The molecule has 1 N–H and O–H groups in total. The monoisotopic (exact) mass is 326 g/mol. The molecular formula is C13H12Cl2N4O2. The number of carbonyl (C=O) groups is 1. The Morgan fingerprint density at radius 1 is 1.38 bits per heavy atom. The molecule has 1 aromatic heterocycles. The van der Waals surface area contributed by atoms with Gasteiger partial charge >= 0.3 is 6.09 Å². The average Bonchev–Trinajstić information content (AvgIpc) is 2.68. The lowest BCUT2D eigenvalue weighted by atomic mass is 10.3. The molecule has 110 valence electrons. The molecule has 0 aliphatic heterocycles. The molecule has 2 aromatic rings. The highest BCUT2D eigenvalue weighted by Gasteiger charge is 2.09. The summed E-state index contributed by atoms with van der Waals surface area (Å²) in [5.41, 5.74) is 1.83. The Bertz CT molecular complexity index is 680. The highest BCUT2D eigenvalue weighted by Crippen LogP contribution is 2.16. The van der Waals surface area contributed by atoms with E-state index in [1.807, 2.05) is 0 Å². The number of aryl methyl sites for hydroxylation is 2. The van der Waals surface area contributed by atoms with E-state index in [1.54, 1.807) is 38.2 Å². The van der Waals surface area contributed by atoms with Crippen molar-refractivity contribution in [2.45, 2.75) is 6.92 Å². The molecule has 0 bridgehead atoms. The number of amides is 1. The number of hydrogen-bond acceptors (Lipinski definition) is 4. The second-order valence-corrected chi connectivity index (χ2v) is 4.95. The Balaban J connectivity index is 1.94. The first-order valence-corrected chi connectivity index (χ1v) is 6.69. The number of hydrogen-bond donors (Lipinski definition) is 1. The van der Waals surface area contributed by atoms with Gasteiger partial charge in [-0.25, -0.2) is 4.79 Å². The molecule has 0 saturated carbocycles. The van der Waals surface area contributed by atoms with Crippen LogP contribution >= 0.6 is 23.2 Å². The fraction of sp³-hybridized carbons (Fsp3) is 0.154. The Morgan fingerprint density at radius 3 is 2.62 bits per heavy atom. The first kappa shape index (κ1) is 15.3. The van der Waals surface area contributed by atoms with Gasteiger partial charge in [-0.1, -0.05) is 28.4 Å². The van der Waals surface area contributed by atoms with Crippen LogP contribution in [-0.2, 0) is 11.9 Å². The van der Waals surface area contributed by atoms with Gasteiger partial charge < -0.3 is 0 Å². The van der Waals surface area contributed by atoms with Crippen LogP contribution in [0.15, 0.2) is 29.4 Å². The summed E-state index contributed by atoms with van der Waals surface area (Å²) in [6, 6.07) is 6.60. The first-order chi connectivity index (χ1) is 9.97. The summed E-state index contributed by atoms with van der Waals surface area (Å²) in [4.78, 5) is 16.2. The molecule has 0 aliphatic carbocycles. The summed E-state index contributed by atoms with van der Waals surface area (Å²) in [5, 5.41) is 11.2. The highest BCUT2D eigenvalue weighted by atomic mass is 35.5. The van der Waals surface area contributed by atoms with Crippen LogP contribution < -0.4 is 5.32 Å². The van der Waals surface area contributed by atoms with Crippen LogP contribution in [-0.4, -0.2) is 22.1 Å². The van der Waals surface area contributed by atoms with Crippen LogP contribution in [0.5, 0.6) is 0 Å². The Hall–Kier alpha value is -2.05. The van der Waals surface area contributed by atoms with Crippen LogP contribution in [0.1, 0.15) is 11.3 Å². The molecule has 8 heteroatoms. The van der Waals surface area contributed by atoms with E-state index in [1.165, 1.54) is 10.9 Å². The summed E-state index contributed by atoms with van der Waals surface area (Å²) in [6.07, 6.45) is 0.623. The molecule has 1 amide bonds. The number of carbonyl (C=O) groups excluding carboxylic acids is 1. The Labute approximate surface area is 131 Å². The fourth-order valence-corrected chi connectivity index (χ4v) is 1.94. The van der Waals surface area contributed by atoms with Crippen molar-refractivity contribution in [1.29, 1.82) is 0 Å². The number of halogens is 2. The van der Waals surface area contributed by atoms with E-state index in [0.717, 1.165) is 0 Å². The third kappa shape index (κ3) is 3.96. The van der Waals surface area contributed by atoms with Gasteiger partial charge in [0.2, 0.25) is 0 Å². The quantitative estimate of drug-likeness (QED) is 0.532. The molecule has 0 radical (unpaired) electrons. The minimum absolute atomic E-state index is 0.415. The second kappa shape index (κ2) is 6.60. The topological polar surface area (TPSA) is 68.5 Å². The zero-order chi connectivity index (χ0) is 15.4. The molecule has 0 unspecified atom stereocenters. The van der Waals surface area contributed by atoms with Gasteiger partial charge in [0.05, 0.1) is 17.5 Å². The first-order valence-electron chi connectivity index (χ1n) is 5.93. The summed E-state index contributed by atoms with van der Waals surface area (Å²) in [5.74, 6) is 0. The van der Waals surface area contributed by atoms with Crippen molar-refractivity contribution in [3.63, 3.8) is 0 Å². The zero-order valence-electron chi connectivity index (χ0n) is 11.3. The molecule has 1 aromatic carbocycles. The minimum atomic E-state index is -0.716. The van der Waals surface area contributed by atoms with Gasteiger partial charge in [-0.15, -0.1) is 0 Å². The molecule has 0 fully saturated rings. The predicted octanol–water partition coefficient (Wildman–Crippen LogP) is 3.62. The van der Waals surface area contributed by atoms with Crippen molar-refractivity contribution in [1.82, 2.24) is 9.78 Å². The lowest BCUT2D eigenvalue weighted by Crippen LogP contribution is -2.10. The largest absolute Gasteiger partial charge is 0.437 e. The number of nitrogens with one attached hydrogen (secondary N) is 1. The summed E-state index contributed by atoms with van der Waals surface area (Å²) in [7, 11) is 1.71. The van der Waals surface area contributed by atoms with Gasteiger partial charge in [0.25, 0.3) is 0 Å². The highest BCUT2D eigenvalue weighted by molar-refractivity contribution is 6.32. The molecule has 1 heterocycles. The van der Waals surface area contributed by atoms with E-state index >= 15 is 0 Å². The van der Waals surface area contributed by atoms with Gasteiger partial charge in [-0.3, -0.25) is 14.8 Å². The number of aromatic nitrogens is 2. The van der Waals surface area contributed by atoms with Crippen LogP contribution in [0, 0.1) is 6.92 Å². The lowest BCUT2D eigenvalue weighted by molar-refractivity contribution is 0.167. The van der Waals surface area contributed by atoms with Crippen molar-refractivity contribution in [2.75, 3.05) is 5.32 Å². The summed E-state index contributed by atoms with van der Waals surface area (Å²) >= 11 is 11.8. The van der Waals surface area contributed by atoms with Gasteiger partial charge in [-0.2, -0.15) is 5.10 Å². The molecule has 21 heavy (non-hydrogen) atoms. The molecule has 0 saturated heterocycles. The number of oxime groups is 1. The normalized spacial score (nSPS) is 10.9. The number of nitrogens with zero attached hydrogens (tertiary/aromatic N) is 3. The third-order valence-corrected chi connectivity index (χ3v) is 3.30. The van der Waals surface area contributed by atoms with Crippen molar-refractivity contribution in [2.24, 2.45) is 12.2 Å². The molecular weight excluding hydrogens is 315 g/mol. The molecule has 0 atom stereocenters. The van der Waals surface area contributed by atoms with Gasteiger partial charge in [-0.05, 0) is 31.2 Å². The van der Waals surface area contributed by atoms with E-state index in [9.17, 15) is 4.79 Å². The van der Waals surface area contributed by atoms with Crippen molar-refractivity contribution < 1.29 is 9.63 Å². The van der Waals surface area contributed by atoms with Gasteiger partial charge in [0, 0.05) is 17.8 Å². The maximum atomic E-state index is 11.5. The molecule has 2 rings (SSSR count). The maximum Gasteiger partial charge on any atom is 0.437 e. The molecule has 6 nitrogen and oxygen atoms in total. The number of rotatable bonds is 3. The zero-order valence-corrected chi connectivity index (χ0v) is 12.8. The minimum Gasteiger partial charge on any atom is -0.298 e. The molecule has 0 spiro atoms. The molecule has 0 aliphatic rings. The van der Waals surface area contributed by atoms with E-state index in [4.69, 9.17) is 28.0 Å².